The Morgan fingerprint density at radius 1 is 1.18 bits per heavy atom. The fraction of sp³-hybridized carbons (Fsp3) is 0.353. The Morgan fingerprint density at radius 3 is 2.57 bits per heavy atom. The van der Waals surface area contributed by atoms with Crippen LogP contribution >= 0.6 is 0 Å². The first kappa shape index (κ1) is 19.5. The maximum absolute atomic E-state index is 12.6. The number of carboxylic acid groups (broad SMARTS) is 1. The van der Waals surface area contributed by atoms with Crippen LogP contribution in [0.3, 0.4) is 0 Å². The molecule has 148 valence electrons. The molecule has 1 fully saturated rings. The lowest BCUT2D eigenvalue weighted by atomic mass is 10.0. The molecule has 0 spiro atoms. The molecule has 2 unspecified atom stereocenters. The van der Waals surface area contributed by atoms with E-state index in [0.29, 0.717) is 0 Å². The van der Waals surface area contributed by atoms with Gasteiger partial charge in [-0.3, -0.25) is 29.4 Å². The number of fused-ring (bicyclic) bond motifs is 1. The summed E-state index contributed by atoms with van der Waals surface area (Å²) in [5.41, 5.74) is 0.165. The minimum absolute atomic E-state index is 0.0281. The number of carbonyl (C=O) groups is 5. The summed E-state index contributed by atoms with van der Waals surface area (Å²) < 4.78 is 9.93. The average molecular weight is 392 g/mol. The second-order valence-corrected chi connectivity index (χ2v) is 6.06. The van der Waals surface area contributed by atoms with Gasteiger partial charge < -0.3 is 19.7 Å². The Kier molecular flexibility index (Phi) is 5.38. The van der Waals surface area contributed by atoms with Crippen molar-refractivity contribution in [3.05, 3.63) is 29.3 Å². The van der Waals surface area contributed by atoms with Crippen LogP contribution in [0.4, 0.5) is 0 Å². The fourth-order valence-electron chi connectivity index (χ4n) is 2.93. The number of nitrogens with zero attached hydrogens (tertiary/aromatic N) is 1. The Morgan fingerprint density at radius 2 is 1.89 bits per heavy atom. The summed E-state index contributed by atoms with van der Waals surface area (Å²) in [5, 5.41) is 19.6. The summed E-state index contributed by atoms with van der Waals surface area (Å²) in [5.74, 6) is -3.76. The minimum atomic E-state index is -1.97. The molecule has 11 nitrogen and oxygen atoms in total. The number of rotatable bonds is 7. The number of nitrogens with one attached hydrogen (secondary N) is 1. The van der Waals surface area contributed by atoms with E-state index in [1.54, 1.807) is 0 Å². The molecular formula is C17H16N2O9. The van der Waals surface area contributed by atoms with Crippen molar-refractivity contribution in [1.29, 1.82) is 0 Å². The second-order valence-electron chi connectivity index (χ2n) is 6.06. The summed E-state index contributed by atoms with van der Waals surface area (Å²) >= 11 is 0. The first-order valence-corrected chi connectivity index (χ1v) is 8.30. The number of benzene rings is 1. The van der Waals surface area contributed by atoms with Crippen molar-refractivity contribution >= 4 is 29.6 Å². The molecule has 2 aliphatic heterocycles. The molecule has 1 saturated heterocycles. The summed E-state index contributed by atoms with van der Waals surface area (Å²) in [7, 11) is 0. The predicted octanol–water partition coefficient (Wildman–Crippen LogP) is -1.11. The summed E-state index contributed by atoms with van der Waals surface area (Å²) in [6.45, 7) is -0.331. The zero-order valence-electron chi connectivity index (χ0n) is 14.4. The number of aliphatic carboxylic acids is 1. The number of hydrogen-bond acceptors (Lipinski definition) is 8. The molecule has 0 radical (unpaired) electrons. The monoisotopic (exact) mass is 392 g/mol. The molecule has 28 heavy (non-hydrogen) atoms. The van der Waals surface area contributed by atoms with Gasteiger partial charge in [-0.15, -0.1) is 0 Å². The van der Waals surface area contributed by atoms with E-state index < -0.39 is 41.9 Å². The molecule has 2 heterocycles. The summed E-state index contributed by atoms with van der Waals surface area (Å²) in [6.07, 6.45) is -1.88. The van der Waals surface area contributed by atoms with Gasteiger partial charge in [0.1, 0.15) is 18.4 Å². The molecule has 0 saturated carbocycles. The van der Waals surface area contributed by atoms with Crippen LogP contribution in [-0.2, 0) is 19.1 Å². The number of imide groups is 2. The van der Waals surface area contributed by atoms with Gasteiger partial charge in [0, 0.05) is 6.42 Å². The first-order chi connectivity index (χ1) is 13.3. The SMILES string of the molecule is O=C1CCC(N2C(=O)c3ccc(OCCOC(O)C(=O)O)cc3C2=O)C(=O)N1. The number of carbonyl (C=O) groups excluding carboxylic acids is 4. The van der Waals surface area contributed by atoms with Gasteiger partial charge in [0.05, 0.1) is 17.7 Å². The number of piperidine rings is 1. The molecule has 3 rings (SSSR count). The Labute approximate surface area is 157 Å². The Bertz CT molecular complexity index is 866. The molecule has 0 bridgehead atoms. The van der Waals surface area contributed by atoms with E-state index in [0.717, 1.165) is 4.90 Å². The quantitative estimate of drug-likeness (QED) is 0.297. The van der Waals surface area contributed by atoms with Crippen LogP contribution in [0.15, 0.2) is 18.2 Å². The summed E-state index contributed by atoms with van der Waals surface area (Å²) in [4.78, 5) is 59.7. The van der Waals surface area contributed by atoms with Gasteiger partial charge in [-0.2, -0.15) is 0 Å². The van der Waals surface area contributed by atoms with E-state index >= 15 is 0 Å². The highest BCUT2D eigenvalue weighted by Crippen LogP contribution is 2.30. The third-order valence-electron chi connectivity index (χ3n) is 4.25. The normalized spacial score (nSPS) is 20.0. The lowest BCUT2D eigenvalue weighted by Gasteiger charge is -2.27. The van der Waals surface area contributed by atoms with Crippen LogP contribution in [-0.4, -0.2) is 70.3 Å². The van der Waals surface area contributed by atoms with Gasteiger partial charge in [0.25, 0.3) is 18.1 Å². The predicted molar refractivity (Wildman–Crippen MR) is 88.2 cm³/mol. The largest absolute Gasteiger partial charge is 0.491 e. The van der Waals surface area contributed by atoms with Gasteiger partial charge in [-0.05, 0) is 24.6 Å². The molecule has 1 aromatic rings. The molecule has 11 heteroatoms. The first-order valence-electron chi connectivity index (χ1n) is 8.30. The third-order valence-corrected chi connectivity index (χ3v) is 4.25. The smallest absolute Gasteiger partial charge is 0.360 e. The Balaban J connectivity index is 1.67. The molecule has 2 atom stereocenters. The van der Waals surface area contributed by atoms with Crippen molar-refractivity contribution in [3.8, 4) is 5.75 Å². The van der Waals surface area contributed by atoms with Crippen molar-refractivity contribution in [3.63, 3.8) is 0 Å². The van der Waals surface area contributed by atoms with E-state index in [1.165, 1.54) is 18.2 Å². The van der Waals surface area contributed by atoms with Crippen molar-refractivity contribution in [2.75, 3.05) is 13.2 Å². The third kappa shape index (κ3) is 3.70. The summed E-state index contributed by atoms with van der Waals surface area (Å²) in [6, 6.07) is 3.09. The van der Waals surface area contributed by atoms with Crippen LogP contribution in [0.2, 0.25) is 0 Å². The fourth-order valence-corrected chi connectivity index (χ4v) is 2.93. The van der Waals surface area contributed by atoms with Crippen LogP contribution in [0, 0.1) is 0 Å². The highest BCUT2D eigenvalue weighted by Gasteiger charge is 2.44. The van der Waals surface area contributed by atoms with E-state index in [4.69, 9.17) is 14.9 Å². The molecular weight excluding hydrogens is 376 g/mol. The van der Waals surface area contributed by atoms with Crippen LogP contribution in [0.25, 0.3) is 0 Å². The second kappa shape index (κ2) is 7.74. The number of aliphatic hydroxyl groups is 1. The standard InChI is InChI=1S/C17H16N2O9/c20-12-4-3-11(13(21)18-12)19-14(22)9-2-1-8(7-10(9)15(19)23)27-5-6-28-17(26)16(24)25/h1-2,7,11,17,26H,3-6H2,(H,24,25)(H,18,20,21). The maximum Gasteiger partial charge on any atom is 0.360 e. The van der Waals surface area contributed by atoms with Gasteiger partial charge in [0.2, 0.25) is 11.8 Å². The highest BCUT2D eigenvalue weighted by molar-refractivity contribution is 6.23. The van der Waals surface area contributed by atoms with E-state index in [2.05, 4.69) is 10.1 Å². The van der Waals surface area contributed by atoms with Crippen molar-refractivity contribution in [1.82, 2.24) is 10.2 Å². The average Bonchev–Trinajstić information content (AvgIpc) is 2.89. The van der Waals surface area contributed by atoms with Crippen molar-refractivity contribution in [2.45, 2.75) is 25.2 Å². The zero-order chi connectivity index (χ0) is 20.4. The maximum atomic E-state index is 12.6. The van der Waals surface area contributed by atoms with Gasteiger partial charge in [-0.1, -0.05) is 0 Å². The number of ether oxygens (including phenoxy) is 2. The molecule has 0 aliphatic carbocycles. The molecule has 0 aromatic heterocycles. The van der Waals surface area contributed by atoms with Crippen LogP contribution in [0.5, 0.6) is 5.75 Å². The zero-order valence-corrected chi connectivity index (χ0v) is 14.4. The molecule has 3 N–H and O–H groups in total. The molecule has 4 amide bonds. The van der Waals surface area contributed by atoms with Crippen LogP contribution < -0.4 is 10.1 Å². The lowest BCUT2D eigenvalue weighted by molar-refractivity contribution is -0.177. The van der Waals surface area contributed by atoms with Gasteiger partial charge in [0.15, 0.2) is 0 Å². The number of amides is 4. The topological polar surface area (TPSA) is 160 Å². The Hall–Kier alpha value is -3.31. The minimum Gasteiger partial charge on any atom is -0.491 e. The molecule has 1 aromatic carbocycles. The van der Waals surface area contributed by atoms with Gasteiger partial charge in [-0.25, -0.2) is 4.79 Å². The van der Waals surface area contributed by atoms with Crippen molar-refractivity contribution < 1.29 is 43.7 Å². The highest BCUT2D eigenvalue weighted by atomic mass is 16.6. The van der Waals surface area contributed by atoms with Crippen molar-refractivity contribution in [2.24, 2.45) is 0 Å². The van der Waals surface area contributed by atoms with Crippen LogP contribution in [0.1, 0.15) is 33.6 Å². The number of aliphatic hydroxyl groups excluding tert-OH is 1. The number of hydrogen-bond donors (Lipinski definition) is 3. The molecule has 2 aliphatic rings. The van der Waals surface area contributed by atoms with E-state index in [1.807, 2.05) is 0 Å². The van der Waals surface area contributed by atoms with Gasteiger partial charge >= 0.3 is 5.97 Å². The number of carboxylic acids is 1. The lowest BCUT2D eigenvalue weighted by Crippen LogP contribution is -2.54. The van der Waals surface area contributed by atoms with E-state index in [-0.39, 0.29) is 42.9 Å². The van der Waals surface area contributed by atoms with E-state index in [9.17, 15) is 24.0 Å².